The van der Waals surface area contributed by atoms with E-state index in [1.807, 2.05) is 0 Å². The first-order valence-electron chi connectivity index (χ1n) is 9.54. The van der Waals surface area contributed by atoms with E-state index in [9.17, 15) is 4.79 Å². The van der Waals surface area contributed by atoms with E-state index in [2.05, 4.69) is 67.7 Å². The van der Waals surface area contributed by atoms with Crippen LogP contribution >= 0.6 is 0 Å². The van der Waals surface area contributed by atoms with Crippen LogP contribution in [-0.4, -0.2) is 5.78 Å². The number of allylic oxidation sites excluding steroid dienone is 14. The second-order valence-electron chi connectivity index (χ2n) is 7.61. The van der Waals surface area contributed by atoms with E-state index in [4.69, 9.17) is 0 Å². The first kappa shape index (κ1) is 16.3. The van der Waals surface area contributed by atoms with Gasteiger partial charge in [-0.25, -0.2) is 0 Å². The van der Waals surface area contributed by atoms with Crippen molar-refractivity contribution in [1.29, 1.82) is 0 Å². The molecule has 0 N–H and O–H groups in total. The van der Waals surface area contributed by atoms with Crippen molar-refractivity contribution < 1.29 is 4.79 Å². The van der Waals surface area contributed by atoms with Crippen LogP contribution in [0.4, 0.5) is 0 Å². The van der Waals surface area contributed by atoms with Crippen LogP contribution in [0.3, 0.4) is 0 Å². The fourth-order valence-corrected chi connectivity index (χ4v) is 4.47. The number of carbonyl (C=O) groups is 1. The summed E-state index contributed by atoms with van der Waals surface area (Å²) in [5, 5.41) is 0. The zero-order chi connectivity index (χ0) is 17.2. The van der Waals surface area contributed by atoms with Gasteiger partial charge in [0.15, 0.2) is 0 Å². The van der Waals surface area contributed by atoms with E-state index in [1.165, 1.54) is 22.3 Å². The van der Waals surface area contributed by atoms with Gasteiger partial charge in [-0.2, -0.15) is 0 Å². The van der Waals surface area contributed by atoms with Crippen molar-refractivity contribution in [2.45, 2.75) is 39.0 Å². The number of carbonyl (C=O) groups excluding carboxylic acids is 1. The van der Waals surface area contributed by atoms with Crippen molar-refractivity contribution in [1.82, 2.24) is 0 Å². The first-order chi connectivity index (χ1) is 12.2. The minimum Gasteiger partial charge on any atom is -0.299 e. The Bertz CT molecular complexity index is 779. The van der Waals surface area contributed by atoms with Gasteiger partial charge in [-0.3, -0.25) is 4.79 Å². The Hall–Kier alpha value is -2.15. The van der Waals surface area contributed by atoms with Crippen molar-refractivity contribution in [2.75, 3.05) is 0 Å². The molecule has 0 radical (unpaired) electrons. The second kappa shape index (κ2) is 7.00. The fourth-order valence-electron chi connectivity index (χ4n) is 4.47. The quantitative estimate of drug-likeness (QED) is 0.601. The molecule has 0 saturated heterocycles. The normalized spacial score (nSPS) is 29.9. The summed E-state index contributed by atoms with van der Waals surface area (Å²) in [5.41, 5.74) is 5.64. The average molecular weight is 330 g/mol. The predicted octanol–water partition coefficient (Wildman–Crippen LogP) is 5.80. The van der Waals surface area contributed by atoms with Crippen molar-refractivity contribution in [2.24, 2.45) is 17.8 Å². The molecule has 3 unspecified atom stereocenters. The summed E-state index contributed by atoms with van der Waals surface area (Å²) >= 11 is 0. The molecule has 0 fully saturated rings. The summed E-state index contributed by atoms with van der Waals surface area (Å²) < 4.78 is 0. The van der Waals surface area contributed by atoms with Crippen LogP contribution in [0.1, 0.15) is 39.0 Å². The van der Waals surface area contributed by atoms with Crippen LogP contribution in [-0.2, 0) is 4.79 Å². The molecule has 0 spiro atoms. The number of hydrogen-bond donors (Lipinski definition) is 0. The maximum absolute atomic E-state index is 13.1. The molecule has 0 amide bonds. The Kier molecular flexibility index (Phi) is 4.57. The van der Waals surface area contributed by atoms with E-state index in [0.717, 1.165) is 25.7 Å². The summed E-state index contributed by atoms with van der Waals surface area (Å²) in [7, 11) is 0. The summed E-state index contributed by atoms with van der Waals surface area (Å²) in [5.74, 6) is 1.34. The third-order valence-corrected chi connectivity index (χ3v) is 6.04. The Morgan fingerprint density at radius 1 is 1.04 bits per heavy atom. The Morgan fingerprint density at radius 2 is 1.88 bits per heavy atom. The molecular weight excluding hydrogens is 304 g/mol. The maximum atomic E-state index is 13.1. The second-order valence-corrected chi connectivity index (χ2v) is 7.61. The molecule has 1 nitrogen and oxygen atoms in total. The molecule has 4 aliphatic rings. The van der Waals surface area contributed by atoms with Crippen LogP contribution in [0.25, 0.3) is 0 Å². The summed E-state index contributed by atoms with van der Waals surface area (Å²) in [6, 6.07) is 0. The number of ketones is 1. The highest BCUT2D eigenvalue weighted by Gasteiger charge is 2.35. The highest BCUT2D eigenvalue weighted by atomic mass is 16.1. The highest BCUT2D eigenvalue weighted by Crippen LogP contribution is 2.43. The lowest BCUT2D eigenvalue weighted by molar-refractivity contribution is -0.122. The molecule has 25 heavy (non-hydrogen) atoms. The van der Waals surface area contributed by atoms with Crippen LogP contribution in [0.2, 0.25) is 0 Å². The van der Waals surface area contributed by atoms with Crippen LogP contribution < -0.4 is 0 Å². The van der Waals surface area contributed by atoms with Gasteiger partial charge >= 0.3 is 0 Å². The van der Waals surface area contributed by atoms with Gasteiger partial charge in [-0.15, -0.1) is 0 Å². The minimum absolute atomic E-state index is 0.0629. The highest BCUT2D eigenvalue weighted by molar-refractivity contribution is 5.85. The lowest BCUT2D eigenvalue weighted by atomic mass is 9.82. The molecule has 0 aromatic carbocycles. The van der Waals surface area contributed by atoms with Crippen molar-refractivity contribution in [3.05, 3.63) is 83.1 Å². The van der Waals surface area contributed by atoms with Crippen molar-refractivity contribution >= 4 is 5.78 Å². The third-order valence-electron chi connectivity index (χ3n) is 6.04. The number of hydrogen-bond acceptors (Lipinski definition) is 1. The summed E-state index contributed by atoms with van der Waals surface area (Å²) in [6.07, 6.45) is 26.6. The largest absolute Gasteiger partial charge is 0.299 e. The van der Waals surface area contributed by atoms with Gasteiger partial charge in [0.2, 0.25) is 0 Å². The Balaban J connectivity index is 1.48. The van der Waals surface area contributed by atoms with Crippen molar-refractivity contribution in [3.63, 3.8) is 0 Å². The van der Waals surface area contributed by atoms with Crippen molar-refractivity contribution in [3.8, 4) is 0 Å². The van der Waals surface area contributed by atoms with E-state index >= 15 is 0 Å². The molecule has 4 rings (SSSR count). The van der Waals surface area contributed by atoms with Gasteiger partial charge in [0.05, 0.1) is 0 Å². The zero-order valence-electron chi connectivity index (χ0n) is 14.9. The number of Topliss-reactive ketones (excluding diaryl/α,β-unsaturated/α-hetero) is 1. The summed E-state index contributed by atoms with van der Waals surface area (Å²) in [4.78, 5) is 13.1. The Labute approximate surface area is 150 Å². The molecule has 0 aromatic heterocycles. The number of rotatable bonds is 6. The summed E-state index contributed by atoms with van der Waals surface area (Å²) in [6.45, 7) is 2.21. The van der Waals surface area contributed by atoms with Gasteiger partial charge in [-0.1, -0.05) is 78.8 Å². The van der Waals surface area contributed by atoms with E-state index < -0.39 is 0 Å². The van der Waals surface area contributed by atoms with E-state index in [0.29, 0.717) is 24.0 Å². The molecule has 0 saturated carbocycles. The SMILES string of the molecule is CC1C=CC=C1CCC(=O)C1C=C(C2=CC=CC2)CC1C1=CC=CC1. The van der Waals surface area contributed by atoms with Crippen LogP contribution in [0.15, 0.2) is 83.1 Å². The molecule has 0 heterocycles. The molecule has 0 aliphatic heterocycles. The average Bonchev–Trinajstić information content (AvgIpc) is 3.38. The van der Waals surface area contributed by atoms with Gasteiger partial charge in [-0.05, 0) is 48.7 Å². The topological polar surface area (TPSA) is 17.1 Å². The monoisotopic (exact) mass is 330 g/mol. The lowest BCUT2D eigenvalue weighted by Crippen LogP contribution is -2.20. The molecule has 4 aliphatic carbocycles. The van der Waals surface area contributed by atoms with Gasteiger partial charge < -0.3 is 0 Å². The Morgan fingerprint density at radius 3 is 2.56 bits per heavy atom. The van der Waals surface area contributed by atoms with E-state index in [-0.39, 0.29) is 5.92 Å². The standard InChI is InChI=1S/C24H26O/c1-17-7-6-12-18(17)13-14-24(25)23-16-21(19-8-2-3-9-19)15-22(23)20-10-4-5-11-20/h2-8,10,12,16-17,22-23H,9,11,13-15H2,1H3. The first-order valence-corrected chi connectivity index (χ1v) is 9.54. The molecule has 3 atom stereocenters. The predicted molar refractivity (Wildman–Crippen MR) is 104 cm³/mol. The molecular formula is C24H26O. The fraction of sp³-hybridized carbons (Fsp3) is 0.375. The van der Waals surface area contributed by atoms with E-state index in [1.54, 1.807) is 0 Å². The molecule has 0 aromatic rings. The van der Waals surface area contributed by atoms with Gasteiger partial charge in [0.1, 0.15) is 5.78 Å². The zero-order valence-corrected chi connectivity index (χ0v) is 14.9. The smallest absolute Gasteiger partial charge is 0.140 e. The van der Waals surface area contributed by atoms with Crippen LogP contribution in [0.5, 0.6) is 0 Å². The molecule has 0 bridgehead atoms. The maximum Gasteiger partial charge on any atom is 0.140 e. The van der Waals surface area contributed by atoms with Gasteiger partial charge in [0.25, 0.3) is 0 Å². The third kappa shape index (κ3) is 3.33. The lowest BCUT2D eigenvalue weighted by Gasteiger charge is -2.20. The van der Waals surface area contributed by atoms with Crippen LogP contribution in [0, 0.1) is 17.8 Å². The molecule has 128 valence electrons. The van der Waals surface area contributed by atoms with Gasteiger partial charge in [0, 0.05) is 12.3 Å². The minimum atomic E-state index is 0.0629. The molecule has 1 heteroatoms.